The normalized spacial score (nSPS) is 12.9. The van der Waals surface area contributed by atoms with Crippen LogP contribution in [-0.4, -0.2) is 0 Å². The molecule has 288 valence electrons. The van der Waals surface area contributed by atoms with E-state index >= 15 is 0 Å². The summed E-state index contributed by atoms with van der Waals surface area (Å²) in [5.41, 5.74) is 18.3. The molecule has 0 unspecified atom stereocenters. The molecule has 8 aromatic carbocycles. The first kappa shape index (κ1) is 37.7. The summed E-state index contributed by atoms with van der Waals surface area (Å²) in [4.78, 5) is 4.68. The van der Waals surface area contributed by atoms with Crippen LogP contribution in [0.15, 0.2) is 200 Å². The highest BCUT2D eigenvalue weighted by molar-refractivity contribution is 5.86. The van der Waals surface area contributed by atoms with E-state index < -0.39 is 0 Å². The molecule has 0 spiro atoms. The Bertz CT molecular complexity index is 2680. The SMILES string of the molecule is CC(C)(C)c1ccc(N(c2ccc(/C=C/c3ccc(-c4ccc(N(c5ccccc5)c5ccccc5)cc4)cc3)cc2)c2ccc3c(c2)C(C)(C)c2ccccc2-3)cc1. The van der Waals surface area contributed by atoms with Crippen molar-refractivity contribution in [1.82, 2.24) is 0 Å². The summed E-state index contributed by atoms with van der Waals surface area (Å²) in [6.07, 6.45) is 4.40. The molecule has 9 rings (SSSR count). The summed E-state index contributed by atoms with van der Waals surface area (Å²) in [6, 6.07) is 72.6. The Balaban J connectivity index is 0.953. The van der Waals surface area contributed by atoms with Gasteiger partial charge in [0.25, 0.3) is 0 Å². The highest BCUT2D eigenvalue weighted by atomic mass is 15.1. The standard InChI is InChI=1S/C57H50N2/c1-56(2,3)45-30-36-50(37-31-45)59(51-38-39-53-52-18-12-13-19-54(52)57(4,5)55(53)40-51)48-32-24-42(25-33-48)21-20-41-22-26-43(27-23-41)44-28-34-49(35-29-44)58(46-14-8-6-9-15-46)47-16-10-7-11-17-47/h6-40H,1-5H3/b21-20+. The fourth-order valence-electron chi connectivity index (χ4n) is 8.51. The zero-order valence-electron chi connectivity index (χ0n) is 34.6. The van der Waals surface area contributed by atoms with Crippen LogP contribution in [0.1, 0.15) is 62.4 Å². The van der Waals surface area contributed by atoms with Crippen LogP contribution in [0.25, 0.3) is 34.4 Å². The number of rotatable bonds is 9. The summed E-state index contributed by atoms with van der Waals surface area (Å²) < 4.78 is 0. The molecule has 0 heterocycles. The molecule has 1 aliphatic carbocycles. The van der Waals surface area contributed by atoms with Crippen LogP contribution in [0.4, 0.5) is 34.1 Å². The predicted molar refractivity (Wildman–Crippen MR) is 253 cm³/mol. The zero-order chi connectivity index (χ0) is 40.6. The first-order chi connectivity index (χ1) is 28.6. The number of anilines is 6. The van der Waals surface area contributed by atoms with Crippen molar-refractivity contribution in [2.24, 2.45) is 0 Å². The van der Waals surface area contributed by atoms with E-state index in [4.69, 9.17) is 0 Å². The number of fused-ring (bicyclic) bond motifs is 3. The molecule has 0 saturated heterocycles. The van der Waals surface area contributed by atoms with Crippen molar-refractivity contribution in [3.05, 3.63) is 228 Å². The maximum absolute atomic E-state index is 2.41. The predicted octanol–water partition coefficient (Wildman–Crippen LogP) is 16.1. The molecule has 59 heavy (non-hydrogen) atoms. The number of benzene rings is 8. The van der Waals surface area contributed by atoms with Crippen LogP contribution in [-0.2, 0) is 10.8 Å². The molecule has 8 aromatic rings. The van der Waals surface area contributed by atoms with Gasteiger partial charge in [0, 0.05) is 39.5 Å². The van der Waals surface area contributed by atoms with Gasteiger partial charge in [-0.1, -0.05) is 174 Å². The van der Waals surface area contributed by atoms with E-state index in [1.54, 1.807) is 0 Å². The van der Waals surface area contributed by atoms with Crippen LogP contribution < -0.4 is 9.80 Å². The second-order valence-electron chi connectivity index (χ2n) is 17.1. The van der Waals surface area contributed by atoms with Crippen LogP contribution in [0.2, 0.25) is 0 Å². The van der Waals surface area contributed by atoms with Crippen LogP contribution in [0.5, 0.6) is 0 Å². The number of para-hydroxylation sites is 2. The molecular weight excluding hydrogens is 713 g/mol. The third-order valence-corrected chi connectivity index (χ3v) is 11.8. The molecule has 0 bridgehead atoms. The Kier molecular flexibility index (Phi) is 9.87. The first-order valence-electron chi connectivity index (χ1n) is 20.7. The van der Waals surface area contributed by atoms with Gasteiger partial charge in [0.2, 0.25) is 0 Å². The Morgan fingerprint density at radius 3 is 1.31 bits per heavy atom. The van der Waals surface area contributed by atoms with Gasteiger partial charge >= 0.3 is 0 Å². The Morgan fingerprint density at radius 2 is 0.763 bits per heavy atom. The van der Waals surface area contributed by atoms with E-state index in [0.29, 0.717) is 0 Å². The maximum atomic E-state index is 2.41. The summed E-state index contributed by atoms with van der Waals surface area (Å²) in [5.74, 6) is 0. The summed E-state index contributed by atoms with van der Waals surface area (Å²) in [5, 5.41) is 0. The molecule has 0 fully saturated rings. The minimum Gasteiger partial charge on any atom is -0.311 e. The monoisotopic (exact) mass is 762 g/mol. The molecule has 0 amide bonds. The van der Waals surface area contributed by atoms with Gasteiger partial charge in [-0.05, 0) is 128 Å². The van der Waals surface area contributed by atoms with Crippen molar-refractivity contribution in [2.75, 3.05) is 9.80 Å². The van der Waals surface area contributed by atoms with Gasteiger partial charge in [-0.15, -0.1) is 0 Å². The fourth-order valence-corrected chi connectivity index (χ4v) is 8.51. The minimum atomic E-state index is -0.0752. The molecule has 0 atom stereocenters. The lowest BCUT2D eigenvalue weighted by Gasteiger charge is -2.29. The van der Waals surface area contributed by atoms with Gasteiger partial charge in [-0.2, -0.15) is 0 Å². The number of hydrogen-bond acceptors (Lipinski definition) is 2. The van der Waals surface area contributed by atoms with Gasteiger partial charge in [0.15, 0.2) is 0 Å². The van der Waals surface area contributed by atoms with E-state index in [1.165, 1.54) is 38.9 Å². The van der Waals surface area contributed by atoms with Crippen molar-refractivity contribution >= 4 is 46.3 Å². The largest absolute Gasteiger partial charge is 0.311 e. The summed E-state index contributed by atoms with van der Waals surface area (Å²) >= 11 is 0. The topological polar surface area (TPSA) is 6.48 Å². The van der Waals surface area contributed by atoms with E-state index in [9.17, 15) is 0 Å². The molecular formula is C57H50N2. The van der Waals surface area contributed by atoms with Crippen molar-refractivity contribution in [3.63, 3.8) is 0 Å². The van der Waals surface area contributed by atoms with Gasteiger partial charge < -0.3 is 9.80 Å². The third-order valence-electron chi connectivity index (χ3n) is 11.8. The quantitative estimate of drug-likeness (QED) is 0.135. The molecule has 0 N–H and O–H groups in total. The van der Waals surface area contributed by atoms with E-state index in [2.05, 4.69) is 257 Å². The average molecular weight is 763 g/mol. The van der Waals surface area contributed by atoms with Crippen molar-refractivity contribution in [3.8, 4) is 22.3 Å². The third kappa shape index (κ3) is 7.51. The highest BCUT2D eigenvalue weighted by Gasteiger charge is 2.35. The molecule has 2 heteroatoms. The lowest BCUT2D eigenvalue weighted by molar-refractivity contribution is 0.590. The highest BCUT2D eigenvalue weighted by Crippen LogP contribution is 2.50. The van der Waals surface area contributed by atoms with E-state index in [1.807, 2.05) is 0 Å². The molecule has 0 radical (unpaired) electrons. The van der Waals surface area contributed by atoms with Gasteiger partial charge in [-0.3, -0.25) is 0 Å². The molecule has 2 nitrogen and oxygen atoms in total. The second-order valence-corrected chi connectivity index (χ2v) is 17.1. The number of hydrogen-bond donors (Lipinski definition) is 0. The van der Waals surface area contributed by atoms with E-state index in [0.717, 1.165) is 45.3 Å². The lowest BCUT2D eigenvalue weighted by Crippen LogP contribution is -2.17. The molecule has 1 aliphatic rings. The van der Waals surface area contributed by atoms with Crippen LogP contribution >= 0.6 is 0 Å². The van der Waals surface area contributed by atoms with Gasteiger partial charge in [-0.25, -0.2) is 0 Å². The second kappa shape index (κ2) is 15.5. The van der Waals surface area contributed by atoms with Gasteiger partial charge in [0.05, 0.1) is 0 Å². The lowest BCUT2D eigenvalue weighted by atomic mass is 9.82. The summed E-state index contributed by atoms with van der Waals surface area (Å²) in [7, 11) is 0. The molecule has 0 saturated carbocycles. The van der Waals surface area contributed by atoms with Crippen LogP contribution in [0, 0.1) is 0 Å². The Morgan fingerprint density at radius 1 is 0.373 bits per heavy atom. The van der Waals surface area contributed by atoms with Crippen LogP contribution in [0.3, 0.4) is 0 Å². The van der Waals surface area contributed by atoms with Crippen molar-refractivity contribution in [2.45, 2.75) is 45.4 Å². The fraction of sp³-hybridized carbons (Fsp3) is 0.123. The maximum Gasteiger partial charge on any atom is 0.0465 e. The first-order valence-corrected chi connectivity index (χ1v) is 20.7. The van der Waals surface area contributed by atoms with Crippen molar-refractivity contribution < 1.29 is 0 Å². The van der Waals surface area contributed by atoms with Crippen molar-refractivity contribution in [1.29, 1.82) is 0 Å². The Hall–Kier alpha value is -6.90. The molecule has 0 aliphatic heterocycles. The Labute approximate surface area is 350 Å². The minimum absolute atomic E-state index is 0.0752. The van der Waals surface area contributed by atoms with E-state index in [-0.39, 0.29) is 10.8 Å². The smallest absolute Gasteiger partial charge is 0.0465 e. The zero-order valence-corrected chi connectivity index (χ0v) is 34.6. The number of nitrogens with zero attached hydrogens (tertiary/aromatic N) is 2. The average Bonchev–Trinajstić information content (AvgIpc) is 3.50. The molecule has 0 aromatic heterocycles. The van der Waals surface area contributed by atoms with Gasteiger partial charge in [0.1, 0.15) is 0 Å². The summed E-state index contributed by atoms with van der Waals surface area (Å²) in [6.45, 7) is 11.5.